The molecule has 186 valence electrons. The van der Waals surface area contributed by atoms with Crippen molar-refractivity contribution in [3.8, 4) is 11.5 Å². The first-order chi connectivity index (χ1) is 16.9. The van der Waals surface area contributed by atoms with Crippen molar-refractivity contribution in [1.82, 2.24) is 29.8 Å². The van der Waals surface area contributed by atoms with Gasteiger partial charge >= 0.3 is 0 Å². The highest BCUT2D eigenvalue weighted by molar-refractivity contribution is 14.1. The summed E-state index contributed by atoms with van der Waals surface area (Å²) >= 11 is 3.92. The van der Waals surface area contributed by atoms with E-state index in [0.29, 0.717) is 29.8 Å². The van der Waals surface area contributed by atoms with Gasteiger partial charge in [-0.15, -0.1) is 11.8 Å². The molecule has 0 amide bonds. The molecule has 0 aromatic carbocycles. The van der Waals surface area contributed by atoms with Gasteiger partial charge in [0.2, 0.25) is 0 Å². The molecule has 3 aliphatic rings. The van der Waals surface area contributed by atoms with E-state index in [-0.39, 0.29) is 6.04 Å². The van der Waals surface area contributed by atoms with Gasteiger partial charge in [0.15, 0.2) is 22.9 Å². The number of likely N-dealkylation sites (tertiary alicyclic amines) is 1. The van der Waals surface area contributed by atoms with Crippen LogP contribution in [0.25, 0.3) is 22.6 Å². The maximum atomic E-state index is 13.1. The first kappa shape index (κ1) is 23.8. The lowest BCUT2D eigenvalue weighted by Gasteiger charge is -2.36. The van der Waals surface area contributed by atoms with E-state index in [0.717, 1.165) is 82.6 Å². The zero-order valence-electron chi connectivity index (χ0n) is 20.5. The first-order valence-corrected chi connectivity index (χ1v) is 15.0. The van der Waals surface area contributed by atoms with E-state index in [1.165, 1.54) is 6.42 Å². The summed E-state index contributed by atoms with van der Waals surface area (Å²) in [5.41, 5.74) is 2.08. The topological polar surface area (TPSA) is 89.9 Å². The average Bonchev–Trinajstić information content (AvgIpc) is 3.58. The van der Waals surface area contributed by atoms with Crippen molar-refractivity contribution in [3.05, 3.63) is 15.0 Å². The molecule has 3 aromatic rings. The van der Waals surface area contributed by atoms with Crippen molar-refractivity contribution >= 4 is 51.2 Å². The standard InChI is InChI=1S/C25H31IN6O2S/c1-14(16-9-7-13-31(16)2)32-23-18(21(26)29-32)24(35-3)28-22(27-23)19-15-8-6-12-25(20(15)34-30-19)11-5-4-10-17(25)33/h14,16H,4-13H2,1-3H3/t14-,16-,25+/m0/s1. The Bertz CT molecular complexity index is 1300. The van der Waals surface area contributed by atoms with Gasteiger partial charge in [0.05, 0.1) is 16.8 Å². The molecule has 0 N–H and O–H groups in total. The van der Waals surface area contributed by atoms with Gasteiger partial charge < -0.3 is 9.42 Å². The van der Waals surface area contributed by atoms with Crippen LogP contribution < -0.4 is 0 Å². The molecule has 8 nitrogen and oxygen atoms in total. The van der Waals surface area contributed by atoms with Crippen LogP contribution in [-0.4, -0.2) is 61.5 Å². The fraction of sp³-hybridized carbons (Fsp3) is 0.640. The molecule has 1 saturated carbocycles. The fourth-order valence-electron chi connectivity index (χ4n) is 6.58. The Morgan fingerprint density at radius 3 is 2.74 bits per heavy atom. The maximum absolute atomic E-state index is 13.1. The third-order valence-electron chi connectivity index (χ3n) is 8.44. The van der Waals surface area contributed by atoms with Crippen molar-refractivity contribution in [2.75, 3.05) is 19.8 Å². The number of nitrogens with zero attached hydrogens (tertiary/aromatic N) is 6. The number of carbonyl (C=O) groups is 1. The van der Waals surface area contributed by atoms with Crippen molar-refractivity contribution in [1.29, 1.82) is 0 Å². The van der Waals surface area contributed by atoms with E-state index in [2.05, 4.69) is 51.3 Å². The Morgan fingerprint density at radius 1 is 1.17 bits per heavy atom. The number of ketones is 1. The smallest absolute Gasteiger partial charge is 0.185 e. The Balaban J connectivity index is 1.49. The van der Waals surface area contributed by atoms with Crippen LogP contribution in [-0.2, 0) is 16.6 Å². The predicted molar refractivity (Wildman–Crippen MR) is 144 cm³/mol. The van der Waals surface area contributed by atoms with Gasteiger partial charge in [-0.1, -0.05) is 11.6 Å². The lowest BCUT2D eigenvalue weighted by Crippen LogP contribution is -2.41. The minimum Gasteiger partial charge on any atom is -0.359 e. The molecule has 1 spiro atoms. The predicted octanol–water partition coefficient (Wildman–Crippen LogP) is 5.18. The van der Waals surface area contributed by atoms with E-state index < -0.39 is 5.41 Å². The molecule has 0 radical (unpaired) electrons. The number of aromatic nitrogens is 5. The van der Waals surface area contributed by atoms with Gasteiger partial charge in [-0.25, -0.2) is 14.6 Å². The first-order valence-electron chi connectivity index (χ1n) is 12.7. The summed E-state index contributed by atoms with van der Waals surface area (Å²) in [4.78, 5) is 25.5. The Morgan fingerprint density at radius 2 is 2.00 bits per heavy atom. The molecule has 2 fully saturated rings. The minimum atomic E-state index is -0.498. The number of hydrogen-bond acceptors (Lipinski definition) is 8. The van der Waals surface area contributed by atoms with Crippen molar-refractivity contribution in [3.63, 3.8) is 0 Å². The molecule has 10 heteroatoms. The summed E-state index contributed by atoms with van der Waals surface area (Å²) in [6.07, 6.45) is 10.6. The number of likely N-dealkylation sites (N-methyl/N-ethyl adjacent to an activating group) is 1. The second-order valence-electron chi connectivity index (χ2n) is 10.3. The normalized spacial score (nSPS) is 26.1. The summed E-state index contributed by atoms with van der Waals surface area (Å²) < 4.78 is 9.00. The number of hydrogen-bond donors (Lipinski definition) is 0. The zero-order chi connectivity index (χ0) is 24.3. The van der Waals surface area contributed by atoms with Crippen molar-refractivity contribution in [2.45, 2.75) is 87.2 Å². The molecule has 3 atom stereocenters. The van der Waals surface area contributed by atoms with Crippen LogP contribution in [0.1, 0.15) is 75.7 Å². The molecule has 3 aromatic heterocycles. The number of fused-ring (bicyclic) bond motifs is 3. The van der Waals surface area contributed by atoms with E-state index in [1.54, 1.807) is 11.8 Å². The Kier molecular flexibility index (Phi) is 6.19. The quantitative estimate of drug-likeness (QED) is 0.228. The Hall–Kier alpha value is -1.53. The molecule has 35 heavy (non-hydrogen) atoms. The van der Waals surface area contributed by atoms with Crippen LogP contribution >= 0.6 is 34.4 Å². The third kappa shape index (κ3) is 3.68. The van der Waals surface area contributed by atoms with Crippen molar-refractivity contribution < 1.29 is 9.32 Å². The van der Waals surface area contributed by atoms with Crippen LogP contribution in [0.4, 0.5) is 0 Å². The van der Waals surface area contributed by atoms with Gasteiger partial charge in [-0.3, -0.25) is 4.79 Å². The van der Waals surface area contributed by atoms with Gasteiger partial charge in [-0.2, -0.15) is 5.10 Å². The lowest BCUT2D eigenvalue weighted by molar-refractivity contribution is -0.128. The summed E-state index contributed by atoms with van der Waals surface area (Å²) in [5.74, 6) is 1.68. The summed E-state index contributed by atoms with van der Waals surface area (Å²) in [7, 11) is 2.20. The molecule has 1 saturated heterocycles. The maximum Gasteiger partial charge on any atom is 0.185 e. The van der Waals surface area contributed by atoms with E-state index in [1.807, 2.05) is 6.26 Å². The molecule has 1 aliphatic heterocycles. The molecule has 2 aliphatic carbocycles. The third-order valence-corrected chi connectivity index (χ3v) is 9.88. The van der Waals surface area contributed by atoms with Gasteiger partial charge in [0.25, 0.3) is 0 Å². The Labute approximate surface area is 223 Å². The number of halogens is 1. The van der Waals surface area contributed by atoms with Crippen LogP contribution in [0, 0.1) is 3.70 Å². The zero-order valence-corrected chi connectivity index (χ0v) is 23.5. The number of thioether (sulfide) groups is 1. The fourth-order valence-corrected chi connectivity index (χ4v) is 8.06. The highest BCUT2D eigenvalue weighted by atomic mass is 127. The minimum absolute atomic E-state index is 0.195. The average molecular weight is 607 g/mol. The highest BCUT2D eigenvalue weighted by Crippen LogP contribution is 2.47. The molecule has 0 unspecified atom stereocenters. The second kappa shape index (κ2) is 9.09. The van der Waals surface area contributed by atoms with E-state index >= 15 is 0 Å². The van der Waals surface area contributed by atoms with Gasteiger partial charge in [0.1, 0.15) is 14.5 Å². The van der Waals surface area contributed by atoms with Gasteiger partial charge in [0, 0.05) is 18.0 Å². The number of Topliss-reactive ketones (excluding diaryl/α,β-unsaturated/α-hetero) is 1. The molecule has 0 bridgehead atoms. The molecular formula is C25H31IN6O2S. The molecule has 6 rings (SSSR count). The van der Waals surface area contributed by atoms with E-state index in [4.69, 9.17) is 19.6 Å². The van der Waals surface area contributed by atoms with Crippen LogP contribution in [0.3, 0.4) is 0 Å². The lowest BCUT2D eigenvalue weighted by atomic mass is 9.64. The molecule has 4 heterocycles. The van der Waals surface area contributed by atoms with E-state index in [9.17, 15) is 4.79 Å². The second-order valence-corrected chi connectivity index (χ2v) is 12.1. The van der Waals surface area contributed by atoms with Crippen LogP contribution in [0.15, 0.2) is 9.55 Å². The molecular weight excluding hydrogens is 575 g/mol. The number of carbonyl (C=O) groups excluding carboxylic acids is 1. The number of rotatable bonds is 4. The largest absolute Gasteiger partial charge is 0.359 e. The summed E-state index contributed by atoms with van der Waals surface area (Å²) in [5, 5.41) is 11.4. The van der Waals surface area contributed by atoms with Crippen LogP contribution in [0.5, 0.6) is 0 Å². The monoisotopic (exact) mass is 606 g/mol. The van der Waals surface area contributed by atoms with Gasteiger partial charge in [-0.05, 0) is 94.3 Å². The SMILES string of the molecule is CSc1nc(-c2noc3c2CCC[C@@]32CCCCC2=O)nc2c1c(I)nn2[C@@H](C)[C@@H]1CCCN1C. The highest BCUT2D eigenvalue weighted by Gasteiger charge is 2.48. The summed E-state index contributed by atoms with van der Waals surface area (Å²) in [6, 6.07) is 0.627. The summed E-state index contributed by atoms with van der Waals surface area (Å²) in [6.45, 7) is 3.36. The van der Waals surface area contributed by atoms with Crippen LogP contribution in [0.2, 0.25) is 0 Å². The van der Waals surface area contributed by atoms with Crippen molar-refractivity contribution in [2.24, 2.45) is 0 Å².